The highest BCUT2D eigenvalue weighted by molar-refractivity contribution is 5.23. The van der Waals surface area contributed by atoms with Crippen LogP contribution < -0.4 is 0 Å². The van der Waals surface area contributed by atoms with E-state index >= 15 is 0 Å². The molecule has 12 heavy (non-hydrogen) atoms. The molecule has 4 nitrogen and oxygen atoms in total. The zero-order chi connectivity index (χ0) is 9.24. The third-order valence-corrected chi connectivity index (χ3v) is 1.89. The van der Waals surface area contributed by atoms with E-state index in [0.717, 1.165) is 0 Å². The van der Waals surface area contributed by atoms with Gasteiger partial charge in [0, 0.05) is 14.2 Å². The van der Waals surface area contributed by atoms with Gasteiger partial charge in [0.15, 0.2) is 0 Å². The summed E-state index contributed by atoms with van der Waals surface area (Å²) in [6.07, 6.45) is 5.76. The van der Waals surface area contributed by atoms with Gasteiger partial charge in [-0.25, -0.2) is 0 Å². The SMILES string of the molecule is COC1(O)C=CC=CC1(O)OC. The number of ether oxygens (including phenoxy) is 2. The fourth-order valence-electron chi connectivity index (χ4n) is 1.04. The first-order chi connectivity index (χ1) is 5.58. The summed E-state index contributed by atoms with van der Waals surface area (Å²) in [4.78, 5) is 0. The van der Waals surface area contributed by atoms with Gasteiger partial charge in [0.25, 0.3) is 0 Å². The first-order valence-corrected chi connectivity index (χ1v) is 3.50. The molecule has 1 aliphatic rings. The van der Waals surface area contributed by atoms with E-state index in [-0.39, 0.29) is 0 Å². The topological polar surface area (TPSA) is 58.9 Å². The van der Waals surface area contributed by atoms with E-state index in [9.17, 15) is 10.2 Å². The second kappa shape index (κ2) is 2.99. The normalized spacial score (nSPS) is 40.3. The zero-order valence-corrected chi connectivity index (χ0v) is 7.02. The van der Waals surface area contributed by atoms with Crippen LogP contribution in [-0.4, -0.2) is 36.0 Å². The molecular formula is C8H12O4. The van der Waals surface area contributed by atoms with Crippen LogP contribution >= 0.6 is 0 Å². The number of methoxy groups -OCH3 is 2. The van der Waals surface area contributed by atoms with Crippen LogP contribution in [0.1, 0.15) is 0 Å². The lowest BCUT2D eigenvalue weighted by atomic mass is 10.0. The van der Waals surface area contributed by atoms with Gasteiger partial charge in [0.05, 0.1) is 0 Å². The van der Waals surface area contributed by atoms with Crippen molar-refractivity contribution in [1.29, 1.82) is 0 Å². The summed E-state index contributed by atoms with van der Waals surface area (Å²) in [5.74, 6) is -3.62. The van der Waals surface area contributed by atoms with E-state index in [4.69, 9.17) is 9.47 Å². The monoisotopic (exact) mass is 172 g/mol. The lowest BCUT2D eigenvalue weighted by Crippen LogP contribution is -2.55. The predicted molar refractivity (Wildman–Crippen MR) is 42.2 cm³/mol. The number of hydrogen-bond donors (Lipinski definition) is 2. The lowest BCUT2D eigenvalue weighted by molar-refractivity contribution is -0.327. The summed E-state index contributed by atoms with van der Waals surface area (Å²) < 4.78 is 9.46. The van der Waals surface area contributed by atoms with E-state index < -0.39 is 11.6 Å². The second-order valence-corrected chi connectivity index (χ2v) is 2.52. The Morgan fingerprint density at radius 1 is 0.917 bits per heavy atom. The van der Waals surface area contributed by atoms with Crippen molar-refractivity contribution in [3.8, 4) is 0 Å². The van der Waals surface area contributed by atoms with Gasteiger partial charge in [-0.2, -0.15) is 0 Å². The fraction of sp³-hybridized carbons (Fsp3) is 0.500. The molecule has 0 spiro atoms. The third-order valence-electron chi connectivity index (χ3n) is 1.89. The molecule has 0 aromatic rings. The Labute approximate surface area is 70.7 Å². The van der Waals surface area contributed by atoms with Crippen molar-refractivity contribution in [3.63, 3.8) is 0 Å². The van der Waals surface area contributed by atoms with Crippen LogP contribution in [0.5, 0.6) is 0 Å². The van der Waals surface area contributed by atoms with Crippen LogP contribution in [-0.2, 0) is 9.47 Å². The summed E-state index contributed by atoms with van der Waals surface area (Å²) in [6, 6.07) is 0. The molecule has 0 heterocycles. The largest absolute Gasteiger partial charge is 0.358 e. The Morgan fingerprint density at radius 2 is 1.25 bits per heavy atom. The molecular weight excluding hydrogens is 160 g/mol. The van der Waals surface area contributed by atoms with Crippen molar-refractivity contribution in [3.05, 3.63) is 24.3 Å². The van der Waals surface area contributed by atoms with Crippen molar-refractivity contribution in [2.75, 3.05) is 14.2 Å². The molecule has 0 saturated heterocycles. The number of aliphatic hydroxyl groups is 2. The smallest absolute Gasteiger partial charge is 0.245 e. The minimum atomic E-state index is -1.81. The average Bonchev–Trinajstić information content (AvgIpc) is 2.10. The summed E-state index contributed by atoms with van der Waals surface area (Å²) in [5.41, 5.74) is 0. The Kier molecular flexibility index (Phi) is 2.34. The van der Waals surface area contributed by atoms with Crippen LogP contribution in [0.4, 0.5) is 0 Å². The van der Waals surface area contributed by atoms with Crippen molar-refractivity contribution in [2.45, 2.75) is 11.6 Å². The van der Waals surface area contributed by atoms with E-state index in [1.165, 1.54) is 26.4 Å². The molecule has 4 heteroatoms. The van der Waals surface area contributed by atoms with Crippen LogP contribution in [0, 0.1) is 0 Å². The second-order valence-electron chi connectivity index (χ2n) is 2.52. The molecule has 0 aromatic heterocycles. The average molecular weight is 172 g/mol. The summed E-state index contributed by atoms with van der Waals surface area (Å²) >= 11 is 0. The van der Waals surface area contributed by atoms with Crippen LogP contribution in [0.25, 0.3) is 0 Å². The van der Waals surface area contributed by atoms with Gasteiger partial charge in [0.2, 0.25) is 11.6 Å². The van der Waals surface area contributed by atoms with Gasteiger partial charge in [-0.1, -0.05) is 12.2 Å². The van der Waals surface area contributed by atoms with Crippen molar-refractivity contribution < 1.29 is 19.7 Å². The molecule has 0 aliphatic heterocycles. The third kappa shape index (κ3) is 1.19. The Balaban J connectivity index is 2.99. The minimum absolute atomic E-state index is 1.29. The van der Waals surface area contributed by atoms with E-state index in [0.29, 0.717) is 0 Å². The molecule has 0 fully saturated rings. The van der Waals surface area contributed by atoms with Crippen LogP contribution in [0.3, 0.4) is 0 Å². The summed E-state index contributed by atoms with van der Waals surface area (Å²) in [5, 5.41) is 19.3. The van der Waals surface area contributed by atoms with E-state index in [1.807, 2.05) is 0 Å². The van der Waals surface area contributed by atoms with Crippen molar-refractivity contribution in [2.24, 2.45) is 0 Å². The molecule has 2 N–H and O–H groups in total. The van der Waals surface area contributed by atoms with E-state index in [2.05, 4.69) is 0 Å². The van der Waals surface area contributed by atoms with Gasteiger partial charge in [-0.3, -0.25) is 0 Å². The number of rotatable bonds is 2. The highest BCUT2D eigenvalue weighted by Crippen LogP contribution is 2.29. The van der Waals surface area contributed by atoms with Gasteiger partial charge < -0.3 is 19.7 Å². The minimum Gasteiger partial charge on any atom is -0.358 e. The highest BCUT2D eigenvalue weighted by atomic mass is 16.7. The van der Waals surface area contributed by atoms with Gasteiger partial charge in [-0.05, 0) is 12.2 Å². The maximum absolute atomic E-state index is 9.66. The lowest BCUT2D eigenvalue weighted by Gasteiger charge is -2.37. The zero-order valence-electron chi connectivity index (χ0n) is 7.02. The van der Waals surface area contributed by atoms with Crippen LogP contribution in [0.2, 0.25) is 0 Å². The first-order valence-electron chi connectivity index (χ1n) is 3.50. The molecule has 0 radical (unpaired) electrons. The van der Waals surface area contributed by atoms with Gasteiger partial charge in [-0.15, -0.1) is 0 Å². The summed E-state index contributed by atoms with van der Waals surface area (Å²) in [6.45, 7) is 0. The Hall–Kier alpha value is -0.680. The Morgan fingerprint density at radius 3 is 1.50 bits per heavy atom. The van der Waals surface area contributed by atoms with Gasteiger partial charge >= 0.3 is 0 Å². The van der Waals surface area contributed by atoms with Crippen LogP contribution in [0.15, 0.2) is 24.3 Å². The quantitative estimate of drug-likeness (QED) is 0.565. The summed E-state index contributed by atoms with van der Waals surface area (Å²) in [7, 11) is 2.57. The molecule has 0 saturated carbocycles. The Bertz CT molecular complexity index is 199. The maximum Gasteiger partial charge on any atom is 0.245 e. The molecule has 2 atom stereocenters. The highest BCUT2D eigenvalue weighted by Gasteiger charge is 2.48. The molecule has 1 rings (SSSR count). The fourth-order valence-corrected chi connectivity index (χ4v) is 1.04. The van der Waals surface area contributed by atoms with E-state index in [1.54, 1.807) is 12.2 Å². The first kappa shape index (κ1) is 9.41. The molecule has 1 aliphatic carbocycles. The molecule has 0 amide bonds. The maximum atomic E-state index is 9.66. The molecule has 0 bridgehead atoms. The van der Waals surface area contributed by atoms with Crippen molar-refractivity contribution >= 4 is 0 Å². The number of allylic oxidation sites excluding steroid dienone is 2. The molecule has 68 valence electrons. The predicted octanol–water partition coefficient (Wildman–Crippen LogP) is -0.218. The van der Waals surface area contributed by atoms with Gasteiger partial charge in [0.1, 0.15) is 0 Å². The number of hydrogen-bond acceptors (Lipinski definition) is 4. The van der Waals surface area contributed by atoms with Crippen molar-refractivity contribution in [1.82, 2.24) is 0 Å². The molecule has 0 aromatic carbocycles. The molecule has 2 unspecified atom stereocenters. The standard InChI is InChI=1S/C8H12O4/c1-11-7(9)5-3-4-6-8(7,10)12-2/h3-6,9-10H,1-2H3.